The van der Waals surface area contributed by atoms with E-state index in [1.165, 1.54) is 0 Å². The SMILES string of the molecule is Cn1ccnc1SC[C@@H](O)c1ccccc1. The normalized spacial score (nSPS) is 12.6. The molecule has 0 aliphatic heterocycles. The van der Waals surface area contributed by atoms with Crippen molar-refractivity contribution in [2.75, 3.05) is 5.75 Å². The highest BCUT2D eigenvalue weighted by molar-refractivity contribution is 7.99. The molecule has 0 amide bonds. The number of aryl methyl sites for hydroxylation is 1. The Kier molecular flexibility index (Phi) is 3.64. The van der Waals surface area contributed by atoms with Gasteiger partial charge in [0, 0.05) is 25.2 Å². The van der Waals surface area contributed by atoms with Gasteiger partial charge in [0.15, 0.2) is 5.16 Å². The average Bonchev–Trinajstić information content (AvgIpc) is 2.73. The molecule has 0 spiro atoms. The first-order valence-electron chi connectivity index (χ1n) is 5.10. The van der Waals surface area contributed by atoms with Crippen molar-refractivity contribution < 1.29 is 5.11 Å². The van der Waals surface area contributed by atoms with Crippen LogP contribution < -0.4 is 0 Å². The van der Waals surface area contributed by atoms with Crippen molar-refractivity contribution in [3.63, 3.8) is 0 Å². The minimum absolute atomic E-state index is 0.442. The van der Waals surface area contributed by atoms with Crippen LogP contribution in [0.25, 0.3) is 0 Å². The van der Waals surface area contributed by atoms with Crippen LogP contribution in [-0.2, 0) is 7.05 Å². The van der Waals surface area contributed by atoms with Crippen molar-refractivity contribution in [2.24, 2.45) is 7.05 Å². The topological polar surface area (TPSA) is 38.0 Å². The predicted octanol–water partition coefficient (Wildman–Crippen LogP) is 2.25. The first-order chi connectivity index (χ1) is 7.77. The molecule has 16 heavy (non-hydrogen) atoms. The van der Waals surface area contributed by atoms with Gasteiger partial charge in [0.05, 0.1) is 6.10 Å². The number of hydrogen-bond acceptors (Lipinski definition) is 3. The fourth-order valence-electron chi connectivity index (χ4n) is 1.42. The number of benzene rings is 1. The van der Waals surface area contributed by atoms with E-state index >= 15 is 0 Å². The second-order valence-electron chi connectivity index (χ2n) is 3.56. The highest BCUT2D eigenvalue weighted by atomic mass is 32.2. The summed E-state index contributed by atoms with van der Waals surface area (Å²) < 4.78 is 1.95. The van der Waals surface area contributed by atoms with Gasteiger partial charge in [-0.25, -0.2) is 4.98 Å². The van der Waals surface area contributed by atoms with Gasteiger partial charge in [0.2, 0.25) is 0 Å². The number of aliphatic hydroxyl groups is 1. The van der Waals surface area contributed by atoms with E-state index in [4.69, 9.17) is 0 Å². The monoisotopic (exact) mass is 234 g/mol. The summed E-state index contributed by atoms with van der Waals surface area (Å²) in [6.07, 6.45) is 3.22. The highest BCUT2D eigenvalue weighted by Crippen LogP contribution is 2.22. The Morgan fingerprint density at radius 1 is 1.38 bits per heavy atom. The molecule has 1 atom stereocenters. The summed E-state index contributed by atoms with van der Waals surface area (Å²) in [6.45, 7) is 0. The number of rotatable bonds is 4. The number of imidazole rings is 1. The molecule has 1 heterocycles. The van der Waals surface area contributed by atoms with Gasteiger partial charge in [-0.05, 0) is 5.56 Å². The average molecular weight is 234 g/mol. The Bertz CT molecular complexity index is 441. The van der Waals surface area contributed by atoms with Crippen LogP contribution in [0.4, 0.5) is 0 Å². The van der Waals surface area contributed by atoms with E-state index in [1.54, 1.807) is 18.0 Å². The van der Waals surface area contributed by atoms with Crippen LogP contribution in [0.3, 0.4) is 0 Å². The predicted molar refractivity (Wildman–Crippen MR) is 65.3 cm³/mol. The van der Waals surface area contributed by atoms with Crippen molar-refractivity contribution in [3.05, 3.63) is 48.3 Å². The lowest BCUT2D eigenvalue weighted by atomic mass is 10.1. The van der Waals surface area contributed by atoms with Gasteiger partial charge in [0.25, 0.3) is 0 Å². The molecule has 0 bridgehead atoms. The summed E-state index contributed by atoms with van der Waals surface area (Å²) >= 11 is 1.56. The Labute approximate surface area is 99.1 Å². The first-order valence-corrected chi connectivity index (χ1v) is 6.09. The van der Waals surface area contributed by atoms with E-state index < -0.39 is 6.10 Å². The van der Waals surface area contributed by atoms with E-state index in [9.17, 15) is 5.11 Å². The summed E-state index contributed by atoms with van der Waals surface area (Å²) in [5.41, 5.74) is 0.948. The van der Waals surface area contributed by atoms with Gasteiger partial charge in [-0.3, -0.25) is 0 Å². The fourth-order valence-corrected chi connectivity index (χ4v) is 2.32. The lowest BCUT2D eigenvalue weighted by Gasteiger charge is -2.09. The summed E-state index contributed by atoms with van der Waals surface area (Å²) in [5, 5.41) is 10.9. The lowest BCUT2D eigenvalue weighted by molar-refractivity contribution is 0.204. The molecule has 1 N–H and O–H groups in total. The molecule has 0 saturated carbocycles. The molecule has 4 heteroatoms. The van der Waals surface area contributed by atoms with E-state index in [0.29, 0.717) is 5.75 Å². The van der Waals surface area contributed by atoms with Crippen LogP contribution in [0.1, 0.15) is 11.7 Å². The molecule has 0 aliphatic rings. The zero-order valence-electron chi connectivity index (χ0n) is 9.08. The van der Waals surface area contributed by atoms with Gasteiger partial charge in [-0.15, -0.1) is 0 Å². The molecular formula is C12H14N2OS. The van der Waals surface area contributed by atoms with Crippen molar-refractivity contribution in [2.45, 2.75) is 11.3 Å². The molecule has 0 fully saturated rings. The molecular weight excluding hydrogens is 220 g/mol. The number of nitrogens with zero attached hydrogens (tertiary/aromatic N) is 2. The molecule has 3 nitrogen and oxygen atoms in total. The summed E-state index contributed by atoms with van der Waals surface area (Å²) in [6, 6.07) is 9.68. The minimum atomic E-state index is -0.442. The Balaban J connectivity index is 1.94. The van der Waals surface area contributed by atoms with Gasteiger partial charge in [-0.2, -0.15) is 0 Å². The number of aliphatic hydroxyl groups excluding tert-OH is 1. The Morgan fingerprint density at radius 2 is 2.12 bits per heavy atom. The number of aromatic nitrogens is 2. The van der Waals surface area contributed by atoms with Crippen molar-refractivity contribution >= 4 is 11.8 Å². The maximum absolute atomic E-state index is 9.95. The van der Waals surface area contributed by atoms with Crippen LogP contribution in [0.5, 0.6) is 0 Å². The van der Waals surface area contributed by atoms with Crippen molar-refractivity contribution in [1.82, 2.24) is 9.55 Å². The Hall–Kier alpha value is -1.26. The fraction of sp³-hybridized carbons (Fsp3) is 0.250. The van der Waals surface area contributed by atoms with Crippen LogP contribution in [0, 0.1) is 0 Å². The van der Waals surface area contributed by atoms with Crippen LogP contribution in [-0.4, -0.2) is 20.4 Å². The number of thioether (sulfide) groups is 1. The van der Waals surface area contributed by atoms with E-state index in [0.717, 1.165) is 10.7 Å². The number of hydrogen-bond donors (Lipinski definition) is 1. The molecule has 2 aromatic rings. The first kappa shape index (κ1) is 11.2. The van der Waals surface area contributed by atoms with Gasteiger partial charge in [0.1, 0.15) is 0 Å². The summed E-state index contributed by atoms with van der Waals surface area (Å²) in [5.74, 6) is 0.620. The Morgan fingerprint density at radius 3 is 2.75 bits per heavy atom. The second-order valence-corrected chi connectivity index (χ2v) is 4.55. The zero-order valence-corrected chi connectivity index (χ0v) is 9.89. The lowest BCUT2D eigenvalue weighted by Crippen LogP contribution is -2.01. The molecule has 0 radical (unpaired) electrons. The molecule has 84 valence electrons. The molecule has 1 aromatic heterocycles. The van der Waals surface area contributed by atoms with Gasteiger partial charge >= 0.3 is 0 Å². The third-order valence-corrected chi connectivity index (χ3v) is 3.47. The van der Waals surface area contributed by atoms with Gasteiger partial charge < -0.3 is 9.67 Å². The van der Waals surface area contributed by atoms with Crippen LogP contribution in [0.15, 0.2) is 47.9 Å². The zero-order chi connectivity index (χ0) is 11.4. The van der Waals surface area contributed by atoms with E-state index in [-0.39, 0.29) is 0 Å². The summed E-state index contributed by atoms with van der Waals surface area (Å²) in [7, 11) is 1.95. The minimum Gasteiger partial charge on any atom is -0.388 e. The molecule has 0 unspecified atom stereocenters. The van der Waals surface area contributed by atoms with Crippen molar-refractivity contribution in [1.29, 1.82) is 0 Å². The van der Waals surface area contributed by atoms with E-state index in [1.807, 2.05) is 48.1 Å². The third kappa shape index (κ3) is 2.65. The van der Waals surface area contributed by atoms with Crippen LogP contribution in [0.2, 0.25) is 0 Å². The maximum atomic E-state index is 9.95. The quantitative estimate of drug-likeness (QED) is 0.824. The highest BCUT2D eigenvalue weighted by Gasteiger charge is 2.09. The standard InChI is InChI=1S/C12H14N2OS/c1-14-8-7-13-12(14)16-9-11(15)10-5-3-2-4-6-10/h2-8,11,15H,9H2,1H3/t11-/m1/s1. The third-order valence-electron chi connectivity index (χ3n) is 2.33. The van der Waals surface area contributed by atoms with Crippen molar-refractivity contribution in [3.8, 4) is 0 Å². The maximum Gasteiger partial charge on any atom is 0.167 e. The molecule has 1 aromatic carbocycles. The van der Waals surface area contributed by atoms with Gasteiger partial charge in [-0.1, -0.05) is 42.1 Å². The molecule has 2 rings (SSSR count). The second kappa shape index (κ2) is 5.18. The molecule has 0 aliphatic carbocycles. The smallest absolute Gasteiger partial charge is 0.167 e. The van der Waals surface area contributed by atoms with E-state index in [2.05, 4.69) is 4.98 Å². The molecule has 0 saturated heterocycles. The van der Waals surface area contributed by atoms with Crippen LogP contribution >= 0.6 is 11.8 Å². The largest absolute Gasteiger partial charge is 0.388 e. The summed E-state index contributed by atoms with van der Waals surface area (Å²) in [4.78, 5) is 4.20.